The number of amides is 1. The fraction of sp³-hybridized carbons (Fsp3) is 0.467. The second kappa shape index (κ2) is 5.89. The van der Waals surface area contributed by atoms with Crippen LogP contribution in [-0.2, 0) is 4.79 Å². The fourth-order valence-electron chi connectivity index (χ4n) is 2.59. The zero-order valence-electron chi connectivity index (χ0n) is 10.9. The van der Waals surface area contributed by atoms with Crippen molar-refractivity contribution in [2.24, 2.45) is 4.99 Å². The third-order valence-corrected chi connectivity index (χ3v) is 6.32. The standard InChI is InChI=1S/C15H18N2OSe/c18-14-11-13(12-7-3-1-4-8-12)19-15(16-14)17-9-5-2-6-10-17/h1,3-4,7-8,13H,2,5-6,9-11H2. The minimum absolute atomic E-state index is 0.0579. The Morgan fingerprint density at radius 3 is 2.58 bits per heavy atom. The van der Waals surface area contributed by atoms with Crippen LogP contribution in [-0.4, -0.2) is 43.6 Å². The van der Waals surface area contributed by atoms with Gasteiger partial charge in [-0.1, -0.05) is 0 Å². The van der Waals surface area contributed by atoms with E-state index >= 15 is 0 Å². The minimum atomic E-state index is 0.0579. The summed E-state index contributed by atoms with van der Waals surface area (Å²) in [5.41, 5.74) is 1.29. The van der Waals surface area contributed by atoms with E-state index in [9.17, 15) is 4.79 Å². The van der Waals surface area contributed by atoms with Crippen molar-refractivity contribution in [2.75, 3.05) is 13.1 Å². The number of hydrogen-bond donors (Lipinski definition) is 0. The van der Waals surface area contributed by atoms with Crippen LogP contribution in [0.2, 0.25) is 0 Å². The molecule has 0 saturated carbocycles. The summed E-state index contributed by atoms with van der Waals surface area (Å²) in [5.74, 6) is 0.0579. The molecular weight excluding hydrogens is 303 g/mol. The van der Waals surface area contributed by atoms with Crippen molar-refractivity contribution in [3.8, 4) is 0 Å². The molecule has 0 radical (unpaired) electrons. The Bertz CT molecular complexity index is 480. The second-order valence-electron chi connectivity index (χ2n) is 5.06. The predicted octanol–water partition coefficient (Wildman–Crippen LogP) is 2.20. The molecule has 0 bridgehead atoms. The van der Waals surface area contributed by atoms with Crippen molar-refractivity contribution in [2.45, 2.75) is 30.5 Å². The summed E-state index contributed by atoms with van der Waals surface area (Å²) >= 11 is 0.284. The van der Waals surface area contributed by atoms with Gasteiger partial charge in [-0.2, -0.15) is 0 Å². The average molecular weight is 321 g/mol. The van der Waals surface area contributed by atoms with E-state index in [1.807, 2.05) is 6.07 Å². The van der Waals surface area contributed by atoms with E-state index < -0.39 is 0 Å². The van der Waals surface area contributed by atoms with E-state index in [2.05, 4.69) is 34.2 Å². The third kappa shape index (κ3) is 3.07. The molecular formula is C15H18N2OSe. The summed E-state index contributed by atoms with van der Waals surface area (Å²) < 4.78 is 1.08. The van der Waals surface area contributed by atoms with Crippen molar-refractivity contribution in [3.05, 3.63) is 35.9 Å². The van der Waals surface area contributed by atoms with Crippen molar-refractivity contribution in [1.82, 2.24) is 4.90 Å². The molecule has 1 aromatic carbocycles. The molecule has 0 spiro atoms. The van der Waals surface area contributed by atoms with E-state index in [1.54, 1.807) is 0 Å². The summed E-state index contributed by atoms with van der Waals surface area (Å²) in [6, 6.07) is 10.4. The molecule has 2 heterocycles. The number of piperidine rings is 1. The number of likely N-dealkylation sites (tertiary alicyclic amines) is 1. The van der Waals surface area contributed by atoms with Crippen LogP contribution in [0.1, 0.15) is 36.1 Å². The first-order valence-corrected chi connectivity index (χ1v) is 8.75. The van der Waals surface area contributed by atoms with Crippen molar-refractivity contribution in [3.63, 3.8) is 0 Å². The number of hydrogen-bond acceptors (Lipinski definition) is 2. The van der Waals surface area contributed by atoms with Crippen molar-refractivity contribution in [1.29, 1.82) is 0 Å². The van der Waals surface area contributed by atoms with Gasteiger partial charge in [-0.25, -0.2) is 0 Å². The third-order valence-electron chi connectivity index (χ3n) is 3.63. The normalized spacial score (nSPS) is 24.2. The molecule has 1 saturated heterocycles. The Morgan fingerprint density at radius 1 is 1.11 bits per heavy atom. The summed E-state index contributed by atoms with van der Waals surface area (Å²) in [7, 11) is 0. The van der Waals surface area contributed by atoms with Crippen molar-refractivity contribution >= 4 is 25.6 Å². The maximum absolute atomic E-state index is 11.9. The number of benzene rings is 1. The van der Waals surface area contributed by atoms with Crippen molar-refractivity contribution < 1.29 is 4.79 Å². The molecule has 2 aliphatic rings. The van der Waals surface area contributed by atoms with Gasteiger partial charge in [-0.3, -0.25) is 0 Å². The predicted molar refractivity (Wildman–Crippen MR) is 77.4 cm³/mol. The van der Waals surface area contributed by atoms with Gasteiger partial charge in [0.2, 0.25) is 0 Å². The van der Waals surface area contributed by atoms with Gasteiger partial charge in [-0.15, -0.1) is 0 Å². The topological polar surface area (TPSA) is 32.7 Å². The van der Waals surface area contributed by atoms with Crippen LogP contribution in [0.5, 0.6) is 0 Å². The Morgan fingerprint density at radius 2 is 1.84 bits per heavy atom. The van der Waals surface area contributed by atoms with Gasteiger partial charge >= 0.3 is 120 Å². The first-order chi connectivity index (χ1) is 9.33. The van der Waals surface area contributed by atoms with E-state index in [4.69, 9.17) is 0 Å². The number of rotatable bonds is 1. The summed E-state index contributed by atoms with van der Waals surface area (Å²) in [6.07, 6.45) is 4.37. The molecule has 1 atom stereocenters. The summed E-state index contributed by atoms with van der Waals surface area (Å²) in [6.45, 7) is 2.16. The van der Waals surface area contributed by atoms with E-state index in [1.165, 1.54) is 24.8 Å². The molecule has 0 aliphatic carbocycles. The molecule has 4 heteroatoms. The van der Waals surface area contributed by atoms with Gasteiger partial charge < -0.3 is 0 Å². The molecule has 19 heavy (non-hydrogen) atoms. The number of carbonyl (C=O) groups is 1. The molecule has 1 aromatic rings. The molecule has 0 aromatic heterocycles. The average Bonchev–Trinajstić information content (AvgIpc) is 2.48. The number of nitrogens with zero attached hydrogens (tertiary/aromatic N) is 2. The van der Waals surface area contributed by atoms with Crippen LogP contribution in [0.3, 0.4) is 0 Å². The first kappa shape index (κ1) is 12.9. The van der Waals surface area contributed by atoms with Crippen LogP contribution >= 0.6 is 0 Å². The van der Waals surface area contributed by atoms with Crippen LogP contribution in [0.4, 0.5) is 0 Å². The molecule has 1 fully saturated rings. The molecule has 2 aliphatic heterocycles. The van der Waals surface area contributed by atoms with Gasteiger partial charge in [0.25, 0.3) is 0 Å². The van der Waals surface area contributed by atoms with Gasteiger partial charge in [-0.05, 0) is 0 Å². The second-order valence-corrected chi connectivity index (χ2v) is 7.51. The zero-order valence-corrected chi connectivity index (χ0v) is 12.6. The SMILES string of the molecule is O=C1CC(c2ccccc2)[Se]C(N2CCCCC2)=N1. The Hall–Kier alpha value is -1.12. The molecule has 0 N–H and O–H groups in total. The van der Waals surface area contributed by atoms with Gasteiger partial charge in [0, 0.05) is 0 Å². The zero-order chi connectivity index (χ0) is 13.1. The molecule has 100 valence electrons. The van der Waals surface area contributed by atoms with Crippen LogP contribution in [0.15, 0.2) is 35.3 Å². The number of carbonyl (C=O) groups excluding carboxylic acids is 1. The van der Waals surface area contributed by atoms with Gasteiger partial charge in [0.1, 0.15) is 0 Å². The summed E-state index contributed by atoms with van der Waals surface area (Å²) in [5, 5.41) is 0. The monoisotopic (exact) mass is 322 g/mol. The van der Waals surface area contributed by atoms with Crippen LogP contribution in [0, 0.1) is 0 Å². The number of amidine groups is 1. The first-order valence-electron chi connectivity index (χ1n) is 6.91. The summed E-state index contributed by atoms with van der Waals surface area (Å²) in [4.78, 5) is 18.9. The van der Waals surface area contributed by atoms with E-state index in [0.29, 0.717) is 11.2 Å². The molecule has 1 amide bonds. The number of aliphatic imine (C=N–C) groups is 1. The van der Waals surface area contributed by atoms with Gasteiger partial charge in [0.15, 0.2) is 0 Å². The van der Waals surface area contributed by atoms with E-state index in [-0.39, 0.29) is 20.9 Å². The quantitative estimate of drug-likeness (QED) is 0.743. The fourth-order valence-corrected chi connectivity index (χ4v) is 5.23. The van der Waals surface area contributed by atoms with Crippen LogP contribution < -0.4 is 0 Å². The molecule has 1 unspecified atom stereocenters. The Labute approximate surface area is 120 Å². The molecule has 3 rings (SSSR count). The maximum atomic E-state index is 11.9. The Balaban J connectivity index is 1.77. The Kier molecular flexibility index (Phi) is 4.00. The van der Waals surface area contributed by atoms with Gasteiger partial charge in [0.05, 0.1) is 0 Å². The van der Waals surface area contributed by atoms with Crippen LogP contribution in [0.25, 0.3) is 0 Å². The van der Waals surface area contributed by atoms with E-state index in [0.717, 1.165) is 17.8 Å². The molecule has 3 nitrogen and oxygen atoms in total.